The molecule has 1 heterocycles. The Labute approximate surface area is 101 Å². The van der Waals surface area contributed by atoms with Crippen molar-refractivity contribution in [2.45, 2.75) is 18.9 Å². The summed E-state index contributed by atoms with van der Waals surface area (Å²) in [5.41, 5.74) is 0.927. The Bertz CT molecular complexity index is 359. The van der Waals surface area contributed by atoms with E-state index >= 15 is 0 Å². The lowest BCUT2D eigenvalue weighted by atomic mass is 10.2. The lowest BCUT2D eigenvalue weighted by molar-refractivity contribution is 0.267. The highest BCUT2D eigenvalue weighted by atomic mass is 19.1. The van der Waals surface area contributed by atoms with Gasteiger partial charge >= 0.3 is 0 Å². The predicted octanol–water partition coefficient (Wildman–Crippen LogP) is 1.38. The third kappa shape index (κ3) is 3.41. The Morgan fingerprint density at radius 2 is 2.35 bits per heavy atom. The van der Waals surface area contributed by atoms with E-state index in [1.807, 2.05) is 6.07 Å². The molecule has 3 nitrogen and oxygen atoms in total. The highest BCUT2D eigenvalue weighted by molar-refractivity contribution is 5.46. The molecular weight excluding hydrogens is 219 g/mol. The van der Waals surface area contributed by atoms with E-state index in [9.17, 15) is 4.39 Å². The largest absolute Gasteiger partial charge is 0.396 e. The third-order valence-corrected chi connectivity index (χ3v) is 3.13. The zero-order valence-electron chi connectivity index (χ0n) is 9.90. The van der Waals surface area contributed by atoms with Crippen LogP contribution in [0.15, 0.2) is 24.3 Å². The first-order chi connectivity index (χ1) is 8.29. The van der Waals surface area contributed by atoms with Crippen LogP contribution in [-0.4, -0.2) is 37.4 Å². The van der Waals surface area contributed by atoms with Crippen LogP contribution < -0.4 is 10.2 Å². The van der Waals surface area contributed by atoms with E-state index in [1.165, 1.54) is 6.07 Å². The Morgan fingerprint density at radius 1 is 1.47 bits per heavy atom. The smallest absolute Gasteiger partial charge is 0.125 e. The van der Waals surface area contributed by atoms with Crippen molar-refractivity contribution >= 4 is 5.69 Å². The maximum absolute atomic E-state index is 13.2. The summed E-state index contributed by atoms with van der Waals surface area (Å²) < 4.78 is 13.2. The van der Waals surface area contributed by atoms with Crippen LogP contribution in [0, 0.1) is 5.82 Å². The molecule has 0 saturated carbocycles. The van der Waals surface area contributed by atoms with E-state index in [-0.39, 0.29) is 18.5 Å². The average molecular weight is 238 g/mol. The molecule has 1 unspecified atom stereocenters. The second kappa shape index (κ2) is 5.98. The molecule has 0 radical (unpaired) electrons. The van der Waals surface area contributed by atoms with Crippen molar-refractivity contribution in [2.75, 3.05) is 31.1 Å². The Hall–Kier alpha value is -1.13. The fourth-order valence-corrected chi connectivity index (χ4v) is 2.25. The van der Waals surface area contributed by atoms with Crippen molar-refractivity contribution in [3.63, 3.8) is 0 Å². The fourth-order valence-electron chi connectivity index (χ4n) is 2.25. The van der Waals surface area contributed by atoms with Gasteiger partial charge in [0.2, 0.25) is 0 Å². The summed E-state index contributed by atoms with van der Waals surface area (Å²) in [6.45, 7) is 2.90. The van der Waals surface area contributed by atoms with Crippen LogP contribution in [0.25, 0.3) is 0 Å². The zero-order valence-corrected chi connectivity index (χ0v) is 9.90. The topological polar surface area (TPSA) is 35.5 Å². The van der Waals surface area contributed by atoms with Crippen molar-refractivity contribution in [1.82, 2.24) is 5.32 Å². The van der Waals surface area contributed by atoms with E-state index in [1.54, 1.807) is 12.1 Å². The molecule has 17 heavy (non-hydrogen) atoms. The maximum atomic E-state index is 13.2. The van der Waals surface area contributed by atoms with Gasteiger partial charge in [0.15, 0.2) is 0 Å². The molecular formula is C13H19FN2O. The monoisotopic (exact) mass is 238 g/mol. The number of hydrogen-bond acceptors (Lipinski definition) is 3. The summed E-state index contributed by atoms with van der Waals surface area (Å²) in [5, 5.41) is 12.4. The second-order valence-corrected chi connectivity index (χ2v) is 4.44. The molecule has 0 spiro atoms. The van der Waals surface area contributed by atoms with Gasteiger partial charge in [-0.3, -0.25) is 0 Å². The summed E-state index contributed by atoms with van der Waals surface area (Å²) in [5.74, 6) is -0.196. The van der Waals surface area contributed by atoms with Crippen LogP contribution in [0.2, 0.25) is 0 Å². The van der Waals surface area contributed by atoms with E-state index in [0.717, 1.165) is 38.2 Å². The van der Waals surface area contributed by atoms with Gasteiger partial charge in [0.25, 0.3) is 0 Å². The fraction of sp³-hybridized carbons (Fsp3) is 0.538. The minimum absolute atomic E-state index is 0.189. The van der Waals surface area contributed by atoms with Gasteiger partial charge < -0.3 is 15.3 Å². The number of hydrogen-bond donors (Lipinski definition) is 2. The average Bonchev–Trinajstić information content (AvgIpc) is 2.55. The van der Waals surface area contributed by atoms with Gasteiger partial charge in [0, 0.05) is 31.4 Å². The molecule has 1 aromatic carbocycles. The molecule has 1 saturated heterocycles. The Balaban J connectivity index is 2.08. The predicted molar refractivity (Wildman–Crippen MR) is 66.7 cm³/mol. The minimum Gasteiger partial charge on any atom is -0.396 e. The summed E-state index contributed by atoms with van der Waals surface area (Å²) in [4.78, 5) is 2.18. The second-order valence-electron chi connectivity index (χ2n) is 4.44. The molecule has 0 amide bonds. The summed E-state index contributed by atoms with van der Waals surface area (Å²) in [6, 6.07) is 6.99. The van der Waals surface area contributed by atoms with E-state index in [0.29, 0.717) is 0 Å². The normalized spacial score (nSPS) is 21.3. The van der Waals surface area contributed by atoms with Crippen molar-refractivity contribution in [3.05, 3.63) is 30.1 Å². The number of halogens is 1. The van der Waals surface area contributed by atoms with Crippen molar-refractivity contribution in [3.8, 4) is 0 Å². The quantitative estimate of drug-likeness (QED) is 0.835. The van der Waals surface area contributed by atoms with Gasteiger partial charge in [0.05, 0.1) is 0 Å². The molecule has 0 bridgehead atoms. The van der Waals surface area contributed by atoms with Gasteiger partial charge in [-0.2, -0.15) is 0 Å². The number of anilines is 1. The molecule has 0 aliphatic carbocycles. The first kappa shape index (κ1) is 12.3. The first-order valence-electron chi connectivity index (χ1n) is 6.14. The van der Waals surface area contributed by atoms with Gasteiger partial charge in [-0.1, -0.05) is 6.07 Å². The van der Waals surface area contributed by atoms with Gasteiger partial charge in [-0.05, 0) is 37.6 Å². The van der Waals surface area contributed by atoms with Crippen LogP contribution in [0.3, 0.4) is 0 Å². The molecule has 94 valence electrons. The lowest BCUT2D eigenvalue weighted by Gasteiger charge is -2.26. The number of nitrogens with one attached hydrogen (secondary N) is 1. The summed E-state index contributed by atoms with van der Waals surface area (Å²) >= 11 is 0. The van der Waals surface area contributed by atoms with Crippen LogP contribution in [0.5, 0.6) is 0 Å². The van der Waals surface area contributed by atoms with E-state index in [4.69, 9.17) is 5.11 Å². The third-order valence-electron chi connectivity index (χ3n) is 3.13. The molecule has 4 heteroatoms. The van der Waals surface area contributed by atoms with Crippen molar-refractivity contribution < 1.29 is 9.50 Å². The van der Waals surface area contributed by atoms with E-state index < -0.39 is 0 Å². The number of benzene rings is 1. The van der Waals surface area contributed by atoms with E-state index in [2.05, 4.69) is 10.2 Å². The minimum atomic E-state index is -0.196. The summed E-state index contributed by atoms with van der Waals surface area (Å²) in [6.07, 6.45) is 1.78. The first-order valence-corrected chi connectivity index (χ1v) is 6.14. The molecule has 0 aromatic heterocycles. The number of aliphatic hydroxyl groups is 1. The molecule has 2 N–H and O–H groups in total. The zero-order chi connectivity index (χ0) is 12.1. The van der Waals surface area contributed by atoms with Crippen molar-refractivity contribution in [1.29, 1.82) is 0 Å². The number of rotatable bonds is 3. The molecule has 1 aliphatic heterocycles. The lowest BCUT2D eigenvalue weighted by Crippen LogP contribution is -2.38. The van der Waals surface area contributed by atoms with Crippen LogP contribution in [0.4, 0.5) is 10.1 Å². The molecule has 2 rings (SSSR count). The Morgan fingerprint density at radius 3 is 3.12 bits per heavy atom. The van der Waals surface area contributed by atoms with Gasteiger partial charge in [-0.25, -0.2) is 4.39 Å². The van der Waals surface area contributed by atoms with Gasteiger partial charge in [0.1, 0.15) is 5.82 Å². The SMILES string of the molecule is OCCC1CN(c2cccc(F)c2)CCCN1. The maximum Gasteiger partial charge on any atom is 0.125 e. The number of nitrogens with zero attached hydrogens (tertiary/aromatic N) is 1. The van der Waals surface area contributed by atoms with Crippen LogP contribution >= 0.6 is 0 Å². The summed E-state index contributed by atoms with van der Waals surface area (Å²) in [7, 11) is 0. The van der Waals surface area contributed by atoms with Crippen LogP contribution in [-0.2, 0) is 0 Å². The molecule has 1 atom stereocenters. The highest BCUT2D eigenvalue weighted by Crippen LogP contribution is 2.18. The van der Waals surface area contributed by atoms with Crippen LogP contribution in [0.1, 0.15) is 12.8 Å². The van der Waals surface area contributed by atoms with Gasteiger partial charge in [-0.15, -0.1) is 0 Å². The highest BCUT2D eigenvalue weighted by Gasteiger charge is 2.17. The van der Waals surface area contributed by atoms with Crippen molar-refractivity contribution in [2.24, 2.45) is 0 Å². The molecule has 1 fully saturated rings. The standard InChI is InChI=1S/C13H19FN2O/c14-11-3-1-4-13(9-11)16-7-2-6-15-12(10-16)5-8-17/h1,3-4,9,12,15,17H,2,5-8,10H2. The molecule has 1 aliphatic rings. The molecule has 1 aromatic rings. The number of aliphatic hydroxyl groups excluding tert-OH is 1. The Kier molecular flexibility index (Phi) is 4.34.